The van der Waals surface area contributed by atoms with Gasteiger partial charge in [0.25, 0.3) is 0 Å². The molecule has 1 aliphatic heterocycles. The SMILES string of the molecule is Cc1ccc(-c2nc(CCNC(=O)CC3COCCN3)co2)cc1.Cl. The van der Waals surface area contributed by atoms with E-state index in [1.54, 1.807) is 6.26 Å². The minimum atomic E-state index is 0. The predicted octanol–water partition coefficient (Wildman–Crippen LogP) is 2.11. The summed E-state index contributed by atoms with van der Waals surface area (Å²) in [6.45, 7) is 4.71. The first kappa shape index (κ1) is 19.4. The molecule has 2 heterocycles. The summed E-state index contributed by atoms with van der Waals surface area (Å²) in [7, 11) is 0. The largest absolute Gasteiger partial charge is 0.444 e. The zero-order valence-electron chi connectivity index (χ0n) is 14.3. The zero-order valence-corrected chi connectivity index (χ0v) is 15.1. The molecule has 6 nitrogen and oxygen atoms in total. The molecule has 0 aliphatic carbocycles. The summed E-state index contributed by atoms with van der Waals surface area (Å²) < 4.78 is 10.9. The Morgan fingerprint density at radius 3 is 2.88 bits per heavy atom. The minimum Gasteiger partial charge on any atom is -0.444 e. The topological polar surface area (TPSA) is 76.4 Å². The highest BCUT2D eigenvalue weighted by Gasteiger charge is 2.16. The second-order valence-electron chi connectivity index (χ2n) is 6.04. The summed E-state index contributed by atoms with van der Waals surface area (Å²) in [4.78, 5) is 16.4. The van der Waals surface area contributed by atoms with Crippen LogP contribution in [-0.4, -0.2) is 43.2 Å². The third-order valence-corrected chi connectivity index (χ3v) is 3.98. The molecule has 1 atom stereocenters. The third kappa shape index (κ3) is 5.85. The van der Waals surface area contributed by atoms with Crippen molar-refractivity contribution < 1.29 is 13.9 Å². The number of hydrogen-bond donors (Lipinski definition) is 2. The van der Waals surface area contributed by atoms with Crippen LogP contribution in [0.3, 0.4) is 0 Å². The molecule has 1 saturated heterocycles. The van der Waals surface area contributed by atoms with Crippen molar-refractivity contribution in [3.05, 3.63) is 41.8 Å². The van der Waals surface area contributed by atoms with Crippen molar-refractivity contribution in [2.75, 3.05) is 26.3 Å². The lowest BCUT2D eigenvalue weighted by Crippen LogP contribution is -2.44. The van der Waals surface area contributed by atoms with E-state index < -0.39 is 0 Å². The van der Waals surface area contributed by atoms with Gasteiger partial charge in [0, 0.05) is 37.5 Å². The number of amides is 1. The fourth-order valence-corrected chi connectivity index (χ4v) is 2.63. The normalized spacial score (nSPS) is 16.9. The number of aromatic nitrogens is 1. The number of carbonyl (C=O) groups is 1. The van der Waals surface area contributed by atoms with Gasteiger partial charge in [-0.2, -0.15) is 0 Å². The van der Waals surface area contributed by atoms with Gasteiger partial charge in [-0.25, -0.2) is 4.98 Å². The van der Waals surface area contributed by atoms with E-state index in [0.717, 1.165) is 17.8 Å². The Balaban J connectivity index is 0.00000225. The van der Waals surface area contributed by atoms with Crippen LogP contribution in [0.25, 0.3) is 11.5 Å². The van der Waals surface area contributed by atoms with Crippen molar-refractivity contribution in [1.29, 1.82) is 0 Å². The number of rotatable bonds is 6. The van der Waals surface area contributed by atoms with Crippen LogP contribution in [-0.2, 0) is 16.0 Å². The first-order chi connectivity index (χ1) is 11.7. The molecule has 1 fully saturated rings. The number of aryl methyl sites for hydroxylation is 1. The highest BCUT2D eigenvalue weighted by molar-refractivity contribution is 5.85. The second kappa shape index (κ2) is 9.56. The summed E-state index contributed by atoms with van der Waals surface area (Å²) in [5, 5.41) is 6.19. The standard InChI is InChI=1S/C18H23N3O3.ClH/c1-13-2-4-14(5-3-13)18-21-15(12-24-18)6-7-20-17(22)10-16-11-23-9-8-19-16;/h2-5,12,16,19H,6-11H2,1H3,(H,20,22);1H. The lowest BCUT2D eigenvalue weighted by Gasteiger charge is -2.23. The Hall–Kier alpha value is -1.89. The molecule has 2 N–H and O–H groups in total. The summed E-state index contributed by atoms with van der Waals surface area (Å²) >= 11 is 0. The van der Waals surface area contributed by atoms with E-state index in [1.165, 1.54) is 5.56 Å². The van der Waals surface area contributed by atoms with E-state index in [1.807, 2.05) is 31.2 Å². The smallest absolute Gasteiger partial charge is 0.226 e. The first-order valence-corrected chi connectivity index (χ1v) is 8.30. The summed E-state index contributed by atoms with van der Waals surface area (Å²) in [6, 6.07) is 8.15. The Labute approximate surface area is 153 Å². The first-order valence-electron chi connectivity index (χ1n) is 8.30. The molecule has 1 aliphatic rings. The number of carbonyl (C=O) groups excluding carboxylic acids is 1. The molecule has 3 rings (SSSR count). The highest BCUT2D eigenvalue weighted by Crippen LogP contribution is 2.19. The summed E-state index contributed by atoms with van der Waals surface area (Å²) in [6.07, 6.45) is 2.74. The van der Waals surface area contributed by atoms with Crippen molar-refractivity contribution >= 4 is 18.3 Å². The lowest BCUT2D eigenvalue weighted by atomic mass is 10.1. The van der Waals surface area contributed by atoms with Gasteiger partial charge in [-0.15, -0.1) is 12.4 Å². The van der Waals surface area contributed by atoms with E-state index in [2.05, 4.69) is 15.6 Å². The summed E-state index contributed by atoms with van der Waals surface area (Å²) in [5.74, 6) is 0.639. The van der Waals surface area contributed by atoms with Gasteiger partial charge >= 0.3 is 0 Å². The van der Waals surface area contributed by atoms with Crippen LogP contribution >= 0.6 is 12.4 Å². The van der Waals surface area contributed by atoms with Crippen LogP contribution in [0.2, 0.25) is 0 Å². The molecule has 1 unspecified atom stereocenters. The maximum absolute atomic E-state index is 11.9. The van der Waals surface area contributed by atoms with Gasteiger partial charge in [-0.05, 0) is 19.1 Å². The number of oxazole rings is 1. The van der Waals surface area contributed by atoms with E-state index in [0.29, 0.717) is 38.5 Å². The fraction of sp³-hybridized carbons (Fsp3) is 0.444. The van der Waals surface area contributed by atoms with Crippen LogP contribution in [0.1, 0.15) is 17.7 Å². The Kier molecular flexibility index (Phi) is 7.43. The van der Waals surface area contributed by atoms with Gasteiger partial charge in [-0.3, -0.25) is 4.79 Å². The number of nitrogens with one attached hydrogen (secondary N) is 2. The summed E-state index contributed by atoms with van der Waals surface area (Å²) in [5.41, 5.74) is 3.00. The average Bonchev–Trinajstić information content (AvgIpc) is 3.05. The number of halogens is 1. The molecule has 1 aromatic heterocycles. The molecule has 0 radical (unpaired) electrons. The maximum atomic E-state index is 11.9. The molecule has 7 heteroatoms. The van der Waals surface area contributed by atoms with Gasteiger partial charge < -0.3 is 19.8 Å². The molecule has 136 valence electrons. The van der Waals surface area contributed by atoms with Gasteiger partial charge in [0.15, 0.2) is 0 Å². The van der Waals surface area contributed by atoms with Crippen LogP contribution in [0.5, 0.6) is 0 Å². The van der Waals surface area contributed by atoms with E-state index in [-0.39, 0.29) is 24.4 Å². The number of nitrogens with zero attached hydrogens (tertiary/aromatic N) is 1. The molecule has 0 bridgehead atoms. The Bertz CT molecular complexity index is 666. The molecule has 1 amide bonds. The molecule has 2 aromatic rings. The van der Waals surface area contributed by atoms with Crippen molar-refractivity contribution in [3.63, 3.8) is 0 Å². The number of benzene rings is 1. The lowest BCUT2D eigenvalue weighted by molar-refractivity contribution is -0.122. The minimum absolute atomic E-state index is 0. The van der Waals surface area contributed by atoms with Crippen LogP contribution < -0.4 is 10.6 Å². The van der Waals surface area contributed by atoms with Gasteiger partial charge in [0.2, 0.25) is 11.8 Å². The predicted molar refractivity (Wildman–Crippen MR) is 97.9 cm³/mol. The number of ether oxygens (including phenoxy) is 1. The van der Waals surface area contributed by atoms with Gasteiger partial charge in [0.1, 0.15) is 6.26 Å². The zero-order chi connectivity index (χ0) is 16.8. The quantitative estimate of drug-likeness (QED) is 0.820. The van der Waals surface area contributed by atoms with E-state index in [4.69, 9.17) is 9.15 Å². The highest BCUT2D eigenvalue weighted by atomic mass is 35.5. The number of morpholine rings is 1. The van der Waals surface area contributed by atoms with Crippen molar-refractivity contribution in [1.82, 2.24) is 15.6 Å². The second-order valence-corrected chi connectivity index (χ2v) is 6.04. The molecule has 25 heavy (non-hydrogen) atoms. The Morgan fingerprint density at radius 2 is 2.16 bits per heavy atom. The number of hydrogen-bond acceptors (Lipinski definition) is 5. The maximum Gasteiger partial charge on any atom is 0.226 e. The van der Waals surface area contributed by atoms with Crippen molar-refractivity contribution in [3.8, 4) is 11.5 Å². The molecule has 1 aromatic carbocycles. The molecular weight excluding hydrogens is 342 g/mol. The van der Waals surface area contributed by atoms with E-state index >= 15 is 0 Å². The fourth-order valence-electron chi connectivity index (χ4n) is 2.63. The third-order valence-electron chi connectivity index (χ3n) is 3.98. The molecule has 0 spiro atoms. The molecular formula is C18H24ClN3O3. The van der Waals surface area contributed by atoms with E-state index in [9.17, 15) is 4.79 Å². The Morgan fingerprint density at radius 1 is 1.36 bits per heavy atom. The van der Waals surface area contributed by atoms with Crippen LogP contribution in [0.4, 0.5) is 0 Å². The molecule has 0 saturated carbocycles. The van der Waals surface area contributed by atoms with Crippen LogP contribution in [0, 0.1) is 6.92 Å². The monoisotopic (exact) mass is 365 g/mol. The van der Waals surface area contributed by atoms with Crippen molar-refractivity contribution in [2.45, 2.75) is 25.8 Å². The van der Waals surface area contributed by atoms with Crippen molar-refractivity contribution in [2.24, 2.45) is 0 Å². The average molecular weight is 366 g/mol. The van der Waals surface area contributed by atoms with Crippen LogP contribution in [0.15, 0.2) is 34.9 Å². The van der Waals surface area contributed by atoms with Gasteiger partial charge in [0.05, 0.1) is 18.9 Å². The van der Waals surface area contributed by atoms with Gasteiger partial charge in [-0.1, -0.05) is 17.7 Å².